The zero-order valence-electron chi connectivity index (χ0n) is 11.5. The van der Waals surface area contributed by atoms with E-state index in [-0.39, 0.29) is 11.9 Å². The van der Waals surface area contributed by atoms with Crippen molar-refractivity contribution in [1.29, 1.82) is 0 Å². The van der Waals surface area contributed by atoms with Gasteiger partial charge in [0.25, 0.3) is 5.91 Å². The van der Waals surface area contributed by atoms with Gasteiger partial charge in [-0.3, -0.25) is 4.79 Å². The molecule has 1 aromatic carbocycles. The second-order valence-electron chi connectivity index (χ2n) is 4.31. The Morgan fingerprint density at radius 2 is 2.17 bits per heavy atom. The van der Waals surface area contributed by atoms with Crippen LogP contribution in [0.15, 0.2) is 18.2 Å². The molecule has 0 bridgehead atoms. The molecular formula is C14H22N2O2. The van der Waals surface area contributed by atoms with Gasteiger partial charge in [0.15, 0.2) is 0 Å². The molecule has 2 N–H and O–H groups in total. The lowest BCUT2D eigenvalue weighted by molar-refractivity contribution is 0.0871. The van der Waals surface area contributed by atoms with Gasteiger partial charge >= 0.3 is 0 Å². The molecule has 0 aliphatic rings. The lowest BCUT2D eigenvalue weighted by Gasteiger charge is -2.15. The molecule has 0 heterocycles. The van der Waals surface area contributed by atoms with Crippen LogP contribution in [0.2, 0.25) is 0 Å². The maximum Gasteiger partial charge on any atom is 0.251 e. The Morgan fingerprint density at radius 3 is 2.72 bits per heavy atom. The van der Waals surface area contributed by atoms with E-state index in [1.165, 1.54) is 0 Å². The second kappa shape index (κ2) is 7.01. The third-order valence-electron chi connectivity index (χ3n) is 2.71. The molecule has 0 aliphatic heterocycles. The minimum absolute atomic E-state index is 0.0147. The van der Waals surface area contributed by atoms with E-state index in [2.05, 4.69) is 10.6 Å². The monoisotopic (exact) mass is 250 g/mol. The van der Waals surface area contributed by atoms with E-state index >= 15 is 0 Å². The third-order valence-corrected chi connectivity index (χ3v) is 2.71. The van der Waals surface area contributed by atoms with Gasteiger partial charge in [0.2, 0.25) is 0 Å². The van der Waals surface area contributed by atoms with Gasteiger partial charge in [0.1, 0.15) is 0 Å². The molecule has 0 saturated heterocycles. The molecule has 4 heteroatoms. The first-order valence-corrected chi connectivity index (χ1v) is 6.25. The van der Waals surface area contributed by atoms with Crippen LogP contribution in [0.4, 0.5) is 5.69 Å². The normalized spacial score (nSPS) is 12.0. The van der Waals surface area contributed by atoms with Gasteiger partial charge in [-0.1, -0.05) is 0 Å². The summed E-state index contributed by atoms with van der Waals surface area (Å²) in [5.41, 5.74) is 2.67. The minimum atomic E-state index is -0.0534. The van der Waals surface area contributed by atoms with E-state index < -0.39 is 0 Å². The zero-order valence-corrected chi connectivity index (χ0v) is 11.5. The highest BCUT2D eigenvalue weighted by Crippen LogP contribution is 2.14. The summed E-state index contributed by atoms with van der Waals surface area (Å²) in [4.78, 5) is 12.1. The Balaban J connectivity index is 2.66. The van der Waals surface area contributed by atoms with Crippen molar-refractivity contribution < 1.29 is 9.53 Å². The van der Waals surface area contributed by atoms with E-state index in [1.54, 1.807) is 0 Å². The predicted octanol–water partition coefficient (Wildman–Crippen LogP) is 2.19. The molecule has 0 spiro atoms. The Hall–Kier alpha value is -1.55. The molecule has 4 nitrogen and oxygen atoms in total. The van der Waals surface area contributed by atoms with E-state index in [9.17, 15) is 4.79 Å². The number of ether oxygens (including phenoxy) is 1. The van der Waals surface area contributed by atoms with Gasteiger partial charge in [-0.15, -0.1) is 0 Å². The van der Waals surface area contributed by atoms with Crippen molar-refractivity contribution in [2.45, 2.75) is 26.8 Å². The van der Waals surface area contributed by atoms with Crippen molar-refractivity contribution >= 4 is 11.6 Å². The summed E-state index contributed by atoms with van der Waals surface area (Å²) < 4.78 is 5.27. The summed E-state index contributed by atoms with van der Waals surface area (Å²) in [6, 6.07) is 5.71. The average Bonchev–Trinajstić information content (AvgIpc) is 2.35. The van der Waals surface area contributed by atoms with Gasteiger partial charge in [-0.25, -0.2) is 0 Å². The fourth-order valence-corrected chi connectivity index (χ4v) is 1.71. The Bertz CT molecular complexity index is 405. The molecule has 0 saturated carbocycles. The van der Waals surface area contributed by atoms with Crippen molar-refractivity contribution in [3.63, 3.8) is 0 Å². The maximum absolute atomic E-state index is 12.1. The summed E-state index contributed by atoms with van der Waals surface area (Å²) in [7, 11) is 1.86. The Morgan fingerprint density at radius 1 is 1.44 bits per heavy atom. The Kier molecular flexibility index (Phi) is 5.65. The standard InChI is InChI=1S/C14H22N2O2/c1-5-18-9-11(3)16-14(17)13-7-6-12(15-4)8-10(13)2/h6-8,11,15H,5,9H2,1-4H3,(H,16,17). The smallest absolute Gasteiger partial charge is 0.251 e. The fraction of sp³-hybridized carbons (Fsp3) is 0.500. The minimum Gasteiger partial charge on any atom is -0.388 e. The number of nitrogens with one attached hydrogen (secondary N) is 2. The summed E-state index contributed by atoms with van der Waals surface area (Å²) in [6.45, 7) is 7.01. The van der Waals surface area contributed by atoms with Crippen LogP contribution in [-0.4, -0.2) is 32.2 Å². The molecule has 0 aliphatic carbocycles. The molecule has 0 aromatic heterocycles. The number of benzene rings is 1. The van der Waals surface area contributed by atoms with Crippen LogP contribution in [0.3, 0.4) is 0 Å². The van der Waals surface area contributed by atoms with Crippen LogP contribution in [0.5, 0.6) is 0 Å². The first-order valence-electron chi connectivity index (χ1n) is 6.25. The molecule has 0 radical (unpaired) electrons. The molecular weight excluding hydrogens is 228 g/mol. The average molecular weight is 250 g/mol. The van der Waals surface area contributed by atoms with Crippen molar-refractivity contribution in [3.8, 4) is 0 Å². The Labute approximate surface area is 109 Å². The van der Waals surface area contributed by atoms with Crippen molar-refractivity contribution in [2.24, 2.45) is 0 Å². The van der Waals surface area contributed by atoms with E-state index in [4.69, 9.17) is 4.74 Å². The lowest BCUT2D eigenvalue weighted by Crippen LogP contribution is -2.36. The van der Waals surface area contributed by atoms with E-state index in [0.717, 1.165) is 11.3 Å². The number of hydrogen-bond acceptors (Lipinski definition) is 3. The highest BCUT2D eigenvalue weighted by Gasteiger charge is 2.12. The summed E-state index contributed by atoms with van der Waals surface area (Å²) in [5, 5.41) is 5.98. The van der Waals surface area contributed by atoms with Crippen molar-refractivity contribution in [3.05, 3.63) is 29.3 Å². The first-order chi connectivity index (χ1) is 8.58. The van der Waals surface area contributed by atoms with Crippen molar-refractivity contribution in [2.75, 3.05) is 25.6 Å². The number of anilines is 1. The van der Waals surface area contributed by atoms with E-state index in [0.29, 0.717) is 18.8 Å². The van der Waals surface area contributed by atoms with Crippen LogP contribution in [-0.2, 0) is 4.74 Å². The van der Waals surface area contributed by atoms with Gasteiger partial charge in [-0.2, -0.15) is 0 Å². The van der Waals surface area contributed by atoms with Crippen molar-refractivity contribution in [1.82, 2.24) is 5.32 Å². The van der Waals surface area contributed by atoms with Crippen LogP contribution < -0.4 is 10.6 Å². The SMILES string of the molecule is CCOCC(C)NC(=O)c1ccc(NC)cc1C. The summed E-state index contributed by atoms with van der Waals surface area (Å²) in [5.74, 6) is -0.0534. The van der Waals surface area contributed by atoms with Gasteiger partial charge in [0, 0.05) is 30.9 Å². The number of carbonyl (C=O) groups excluding carboxylic acids is 1. The molecule has 1 rings (SSSR count). The highest BCUT2D eigenvalue weighted by atomic mass is 16.5. The molecule has 0 fully saturated rings. The lowest BCUT2D eigenvalue weighted by atomic mass is 10.1. The van der Waals surface area contributed by atoms with Gasteiger partial charge < -0.3 is 15.4 Å². The van der Waals surface area contributed by atoms with Crippen LogP contribution in [0.1, 0.15) is 29.8 Å². The topological polar surface area (TPSA) is 50.4 Å². The maximum atomic E-state index is 12.1. The van der Waals surface area contributed by atoms with Crippen LogP contribution in [0.25, 0.3) is 0 Å². The first kappa shape index (κ1) is 14.5. The number of aryl methyl sites for hydroxylation is 1. The molecule has 1 aromatic rings. The predicted molar refractivity (Wildman–Crippen MR) is 74.1 cm³/mol. The summed E-state index contributed by atoms with van der Waals surface area (Å²) in [6.07, 6.45) is 0. The zero-order chi connectivity index (χ0) is 13.5. The molecule has 1 amide bonds. The fourth-order valence-electron chi connectivity index (χ4n) is 1.71. The number of amides is 1. The quantitative estimate of drug-likeness (QED) is 0.813. The largest absolute Gasteiger partial charge is 0.388 e. The number of hydrogen-bond donors (Lipinski definition) is 2. The van der Waals surface area contributed by atoms with Gasteiger partial charge in [-0.05, 0) is 44.5 Å². The highest BCUT2D eigenvalue weighted by molar-refractivity contribution is 5.96. The number of carbonyl (C=O) groups is 1. The third kappa shape index (κ3) is 4.04. The molecule has 100 valence electrons. The molecule has 18 heavy (non-hydrogen) atoms. The number of rotatable bonds is 6. The van der Waals surface area contributed by atoms with Gasteiger partial charge in [0.05, 0.1) is 6.61 Å². The van der Waals surface area contributed by atoms with Crippen LogP contribution >= 0.6 is 0 Å². The van der Waals surface area contributed by atoms with Crippen LogP contribution in [0, 0.1) is 6.92 Å². The molecule has 1 unspecified atom stereocenters. The molecule has 1 atom stereocenters. The van der Waals surface area contributed by atoms with E-state index in [1.807, 2.05) is 46.0 Å². The second-order valence-corrected chi connectivity index (χ2v) is 4.31. The summed E-state index contributed by atoms with van der Waals surface area (Å²) >= 11 is 0.